The molecule has 0 aromatic rings. The summed E-state index contributed by atoms with van der Waals surface area (Å²) in [7, 11) is 0. The Kier molecular flexibility index (Phi) is 136. The standard InChI is InChI=1S/C2H4O2.3H2O.Pb/c1-2(3)4;;;;/h1H3,(H,3,4);3*1H2;. The van der Waals surface area contributed by atoms with Gasteiger partial charge in [0, 0.05) is 34.2 Å². The van der Waals surface area contributed by atoms with Crippen molar-refractivity contribution in [2.75, 3.05) is 0 Å². The first-order chi connectivity index (χ1) is 1.73. The topological polar surface area (TPSA) is 132 Å². The van der Waals surface area contributed by atoms with Gasteiger partial charge in [-0.05, 0) is 0 Å². The summed E-state index contributed by atoms with van der Waals surface area (Å²) >= 11 is 0. The molecule has 0 saturated heterocycles. The van der Waals surface area contributed by atoms with Crippen molar-refractivity contribution in [3.05, 3.63) is 0 Å². The summed E-state index contributed by atoms with van der Waals surface area (Å²) in [5.74, 6) is -0.833. The SMILES string of the molecule is CC(=O)O.O.O.O.[Pb]. The number of carboxylic acids is 1. The summed E-state index contributed by atoms with van der Waals surface area (Å²) in [6.07, 6.45) is 0. The fourth-order valence-electron chi connectivity index (χ4n) is 0. The molecule has 0 amide bonds. The van der Waals surface area contributed by atoms with E-state index in [0.29, 0.717) is 0 Å². The van der Waals surface area contributed by atoms with Crippen LogP contribution in [-0.2, 0) is 4.79 Å². The van der Waals surface area contributed by atoms with E-state index in [1.807, 2.05) is 0 Å². The zero-order chi connectivity index (χ0) is 3.58. The molecule has 0 spiro atoms. The molecule has 0 aromatic carbocycles. The number of aliphatic carboxylic acids is 1. The molecule has 0 heterocycles. The monoisotopic (exact) mass is 322 g/mol. The molecule has 0 rings (SSSR count). The van der Waals surface area contributed by atoms with Crippen molar-refractivity contribution < 1.29 is 26.3 Å². The maximum absolute atomic E-state index is 9.00. The molecule has 6 heteroatoms. The second-order valence-corrected chi connectivity index (χ2v) is 0.519. The maximum Gasteiger partial charge on any atom is 0.300 e. The second kappa shape index (κ2) is 26.7. The Labute approximate surface area is 66.8 Å². The first-order valence-electron chi connectivity index (χ1n) is 0.928. The number of rotatable bonds is 0. The molecule has 0 bridgehead atoms. The molecule has 4 radical (unpaired) electrons. The molecule has 0 aromatic heterocycles. The summed E-state index contributed by atoms with van der Waals surface area (Å²) in [6.45, 7) is 1.08. The molecule has 0 aliphatic carbocycles. The summed E-state index contributed by atoms with van der Waals surface area (Å²) < 4.78 is 0. The van der Waals surface area contributed by atoms with E-state index in [9.17, 15) is 0 Å². The zero-order valence-electron chi connectivity index (χ0n) is 4.36. The van der Waals surface area contributed by atoms with Crippen LogP contribution >= 0.6 is 0 Å². The third kappa shape index (κ3) is 2350. The van der Waals surface area contributed by atoms with Gasteiger partial charge in [-0.2, -0.15) is 0 Å². The minimum absolute atomic E-state index is 0. The predicted molar refractivity (Wildman–Crippen MR) is 29.9 cm³/mol. The molecular weight excluding hydrogens is 311 g/mol. The summed E-state index contributed by atoms with van der Waals surface area (Å²) in [5, 5.41) is 7.42. The Morgan fingerprint density at radius 1 is 1.25 bits per heavy atom. The largest absolute Gasteiger partial charge is 0.481 e. The fraction of sp³-hybridized carbons (Fsp3) is 0.500. The van der Waals surface area contributed by atoms with E-state index in [1.165, 1.54) is 0 Å². The molecular formula is C2H10O5Pb. The van der Waals surface area contributed by atoms with E-state index in [2.05, 4.69) is 0 Å². The van der Waals surface area contributed by atoms with E-state index < -0.39 is 5.97 Å². The Bertz CT molecular complexity index is 33.4. The van der Waals surface area contributed by atoms with Gasteiger partial charge in [-0.3, -0.25) is 4.79 Å². The van der Waals surface area contributed by atoms with Crippen molar-refractivity contribution in [3.63, 3.8) is 0 Å². The molecule has 0 atom stereocenters. The summed E-state index contributed by atoms with van der Waals surface area (Å²) in [6, 6.07) is 0. The molecule has 0 fully saturated rings. The van der Waals surface area contributed by atoms with Gasteiger partial charge < -0.3 is 21.5 Å². The zero-order valence-corrected chi connectivity index (χ0v) is 8.24. The second-order valence-electron chi connectivity index (χ2n) is 0.519. The van der Waals surface area contributed by atoms with Crippen LogP contribution in [0.2, 0.25) is 0 Å². The molecule has 5 nitrogen and oxygen atoms in total. The quantitative estimate of drug-likeness (QED) is 0.484. The van der Waals surface area contributed by atoms with Gasteiger partial charge in [-0.1, -0.05) is 0 Å². The Balaban J connectivity index is -0.00000000750. The summed E-state index contributed by atoms with van der Waals surface area (Å²) in [5.41, 5.74) is 0. The van der Waals surface area contributed by atoms with E-state index in [4.69, 9.17) is 9.90 Å². The van der Waals surface area contributed by atoms with E-state index in [0.717, 1.165) is 6.92 Å². The van der Waals surface area contributed by atoms with Crippen molar-refractivity contribution in [3.8, 4) is 0 Å². The van der Waals surface area contributed by atoms with Crippen LogP contribution in [0, 0.1) is 0 Å². The van der Waals surface area contributed by atoms with Gasteiger partial charge in [0.25, 0.3) is 5.97 Å². The third-order valence-corrected chi connectivity index (χ3v) is 0. The van der Waals surface area contributed by atoms with Gasteiger partial charge in [0.15, 0.2) is 0 Å². The van der Waals surface area contributed by atoms with Crippen LogP contribution in [0.15, 0.2) is 0 Å². The van der Waals surface area contributed by atoms with Gasteiger partial charge in [-0.15, -0.1) is 0 Å². The van der Waals surface area contributed by atoms with Crippen molar-refractivity contribution in [2.45, 2.75) is 6.92 Å². The summed E-state index contributed by atoms with van der Waals surface area (Å²) in [4.78, 5) is 9.00. The van der Waals surface area contributed by atoms with E-state index in [-0.39, 0.29) is 43.7 Å². The Morgan fingerprint density at radius 2 is 1.25 bits per heavy atom. The molecule has 52 valence electrons. The number of carbonyl (C=O) groups is 1. The number of hydrogen-bond donors (Lipinski definition) is 1. The first kappa shape index (κ1) is 40.9. The van der Waals surface area contributed by atoms with Crippen molar-refractivity contribution in [2.24, 2.45) is 0 Å². The predicted octanol–water partition coefficient (Wildman–Crippen LogP) is -2.76. The van der Waals surface area contributed by atoms with Crippen LogP contribution in [0.25, 0.3) is 0 Å². The van der Waals surface area contributed by atoms with Crippen molar-refractivity contribution >= 4 is 33.3 Å². The van der Waals surface area contributed by atoms with Crippen LogP contribution in [-0.4, -0.2) is 54.8 Å². The van der Waals surface area contributed by atoms with E-state index >= 15 is 0 Å². The van der Waals surface area contributed by atoms with Crippen LogP contribution < -0.4 is 0 Å². The van der Waals surface area contributed by atoms with Crippen LogP contribution in [0.4, 0.5) is 0 Å². The molecule has 0 unspecified atom stereocenters. The average Bonchev–Trinajstić information content (AvgIpc) is 0.811. The maximum atomic E-state index is 9.00. The molecule has 0 aliphatic rings. The smallest absolute Gasteiger partial charge is 0.300 e. The minimum Gasteiger partial charge on any atom is -0.481 e. The number of carboxylic acid groups (broad SMARTS) is 1. The van der Waals surface area contributed by atoms with Crippen LogP contribution in [0.3, 0.4) is 0 Å². The Hall–Kier alpha value is 0.272. The van der Waals surface area contributed by atoms with Gasteiger partial charge in [0.2, 0.25) is 0 Å². The third-order valence-electron chi connectivity index (χ3n) is 0. The normalized spacial score (nSPS) is 3.12. The average molecular weight is 321 g/mol. The van der Waals surface area contributed by atoms with Gasteiger partial charge in [0.05, 0.1) is 0 Å². The van der Waals surface area contributed by atoms with Crippen molar-refractivity contribution in [1.82, 2.24) is 0 Å². The number of hydrogen-bond acceptors (Lipinski definition) is 1. The van der Waals surface area contributed by atoms with Crippen LogP contribution in [0.5, 0.6) is 0 Å². The van der Waals surface area contributed by atoms with Crippen LogP contribution in [0.1, 0.15) is 6.92 Å². The van der Waals surface area contributed by atoms with Gasteiger partial charge >= 0.3 is 0 Å². The molecule has 0 saturated carbocycles. The van der Waals surface area contributed by atoms with Gasteiger partial charge in [0.1, 0.15) is 0 Å². The first-order valence-corrected chi connectivity index (χ1v) is 0.928. The van der Waals surface area contributed by atoms with Gasteiger partial charge in [-0.25, -0.2) is 0 Å². The Morgan fingerprint density at radius 3 is 1.25 bits per heavy atom. The van der Waals surface area contributed by atoms with E-state index in [1.54, 1.807) is 0 Å². The van der Waals surface area contributed by atoms with Crippen molar-refractivity contribution in [1.29, 1.82) is 0 Å². The molecule has 8 heavy (non-hydrogen) atoms. The molecule has 0 aliphatic heterocycles. The minimum atomic E-state index is -0.833. The molecule has 7 N–H and O–H groups in total. The fourth-order valence-corrected chi connectivity index (χ4v) is 0.